The molecule has 0 fully saturated rings. The van der Waals surface area contributed by atoms with Crippen LogP contribution in [0.15, 0.2) is 58.9 Å². The quantitative estimate of drug-likeness (QED) is 0.0450. The number of alkyl carbamates (subject to hydrolysis) is 2. The second-order valence-electron chi connectivity index (χ2n) is 17.0. The van der Waals surface area contributed by atoms with E-state index in [0.717, 1.165) is 27.6 Å². The molecule has 0 spiro atoms. The summed E-state index contributed by atoms with van der Waals surface area (Å²) in [6.07, 6.45) is 0.283. The maximum atomic E-state index is 14.1. The number of rotatable bonds is 21. The Labute approximate surface area is 399 Å². The number of ether oxygens (including phenoxy) is 3. The molecule has 2 aromatic heterocycles. The van der Waals surface area contributed by atoms with E-state index in [1.807, 2.05) is 36.6 Å². The van der Waals surface area contributed by atoms with Crippen molar-refractivity contribution in [2.24, 2.45) is 0 Å². The molecule has 2 aromatic carbocycles. The van der Waals surface area contributed by atoms with Crippen LogP contribution in [0.3, 0.4) is 0 Å². The zero-order chi connectivity index (χ0) is 48.6. The molecule has 16 nitrogen and oxygen atoms in total. The molecule has 66 heavy (non-hydrogen) atoms. The molecule has 0 aliphatic rings. The number of anilines is 1. The van der Waals surface area contributed by atoms with Gasteiger partial charge in [0.25, 0.3) is 0 Å². The summed E-state index contributed by atoms with van der Waals surface area (Å²) in [6.45, 7) is 14.2. The molecular formula is C47H57ClN8O8S2. The predicted octanol–water partition coefficient (Wildman–Crippen LogP) is 9.65. The first kappa shape index (κ1) is 52.5. The number of pyridine rings is 1. The minimum absolute atomic E-state index is 0.119. The minimum atomic E-state index is -1.29. The maximum absolute atomic E-state index is 14.1. The molecule has 4 rings (SSSR count). The van der Waals surface area contributed by atoms with Gasteiger partial charge in [-0.25, -0.2) is 24.4 Å². The van der Waals surface area contributed by atoms with Crippen molar-refractivity contribution in [3.8, 4) is 39.6 Å². The Morgan fingerprint density at radius 1 is 0.894 bits per heavy atom. The molecule has 352 valence electrons. The van der Waals surface area contributed by atoms with Gasteiger partial charge >= 0.3 is 18.2 Å². The van der Waals surface area contributed by atoms with E-state index in [-0.39, 0.29) is 37.2 Å². The van der Waals surface area contributed by atoms with Crippen LogP contribution < -0.4 is 20.7 Å². The molecule has 0 unspecified atom stereocenters. The van der Waals surface area contributed by atoms with Crippen molar-refractivity contribution in [3.05, 3.63) is 75.8 Å². The number of carboxylic acid groups (broad SMARTS) is 1. The van der Waals surface area contributed by atoms with Crippen molar-refractivity contribution in [2.45, 2.75) is 115 Å². The third-order valence-corrected chi connectivity index (χ3v) is 11.6. The van der Waals surface area contributed by atoms with Crippen LogP contribution in [-0.2, 0) is 24.8 Å². The molecule has 0 saturated carbocycles. The van der Waals surface area contributed by atoms with Crippen molar-refractivity contribution in [1.29, 1.82) is 10.5 Å². The first-order valence-electron chi connectivity index (χ1n) is 21.4. The predicted molar refractivity (Wildman–Crippen MR) is 256 cm³/mol. The van der Waals surface area contributed by atoms with E-state index < -0.39 is 47.3 Å². The number of aliphatic carboxylic acids is 1. The second-order valence-corrected chi connectivity index (χ2v) is 19.3. The largest absolute Gasteiger partial charge is 0.492 e. The van der Waals surface area contributed by atoms with E-state index >= 15 is 0 Å². The number of thiazole rings is 1. The van der Waals surface area contributed by atoms with Gasteiger partial charge in [-0.05, 0) is 104 Å². The lowest BCUT2D eigenvalue weighted by atomic mass is 9.96. The van der Waals surface area contributed by atoms with E-state index in [1.54, 1.807) is 65.8 Å². The van der Waals surface area contributed by atoms with Crippen LogP contribution in [0.2, 0.25) is 5.02 Å². The van der Waals surface area contributed by atoms with Gasteiger partial charge in [-0.3, -0.25) is 4.79 Å². The molecule has 0 aliphatic carbocycles. The molecule has 2 atom stereocenters. The molecule has 0 saturated heterocycles. The standard InChI is InChI=1S/C47H57ClN8O8S2/c1-9-21-51-39-35(25-49)38(36(26-50)41(55-39)66-28-33-27-65-40(53-33)31-13-17-32(48)18-14-31)30-15-19-34(20-16-30)62-24-23-56(29(2)43(58)59)42(57)37(54-45(61)64-47(6,7)8)12-10-11-22-52-44(60)63-46(3,4)5/h13-20,27,29,37H,9-12,21-24,28H2,1-8H3,(H,51,55)(H,52,60)(H,54,61)(H,58,59)/t29-,37-/m0/s1. The van der Waals surface area contributed by atoms with E-state index in [4.69, 9.17) is 35.8 Å². The summed E-state index contributed by atoms with van der Waals surface area (Å²) in [5, 5.41) is 43.3. The highest BCUT2D eigenvalue weighted by Gasteiger charge is 2.33. The van der Waals surface area contributed by atoms with Gasteiger partial charge in [0, 0.05) is 40.4 Å². The topological polar surface area (TPSA) is 229 Å². The van der Waals surface area contributed by atoms with Gasteiger partial charge in [-0.15, -0.1) is 11.3 Å². The minimum Gasteiger partial charge on any atom is -0.492 e. The Hall–Kier alpha value is -6.08. The van der Waals surface area contributed by atoms with E-state index in [0.29, 0.717) is 57.9 Å². The monoisotopic (exact) mass is 960 g/mol. The number of thioether (sulfide) groups is 1. The first-order chi connectivity index (χ1) is 31.2. The highest BCUT2D eigenvalue weighted by molar-refractivity contribution is 7.98. The van der Waals surface area contributed by atoms with Crippen molar-refractivity contribution in [1.82, 2.24) is 25.5 Å². The number of nitrogens with zero attached hydrogens (tertiary/aromatic N) is 5. The Morgan fingerprint density at radius 3 is 2.14 bits per heavy atom. The molecule has 3 amide bonds. The Bertz CT molecular complexity index is 2390. The lowest BCUT2D eigenvalue weighted by Gasteiger charge is -2.31. The molecular weight excluding hydrogens is 904 g/mol. The van der Waals surface area contributed by atoms with Crippen LogP contribution in [0, 0.1) is 22.7 Å². The van der Waals surface area contributed by atoms with Crippen LogP contribution in [0.4, 0.5) is 15.4 Å². The number of amides is 3. The number of aromatic nitrogens is 2. The average Bonchev–Trinajstić information content (AvgIpc) is 3.73. The van der Waals surface area contributed by atoms with Crippen molar-refractivity contribution in [2.75, 3.05) is 31.6 Å². The zero-order valence-electron chi connectivity index (χ0n) is 38.5. The number of nitriles is 2. The summed E-state index contributed by atoms with van der Waals surface area (Å²) in [7, 11) is 0. The SMILES string of the molecule is CCCNc1nc(SCc2csc(-c3ccc(Cl)cc3)n2)c(C#N)c(-c2ccc(OCCN(C(=O)[C@H](CCCCNC(=O)OC(C)(C)C)NC(=O)OC(C)(C)C)[C@@H](C)C(=O)O)cc2)c1C#N. The first-order valence-corrected chi connectivity index (χ1v) is 23.7. The highest BCUT2D eigenvalue weighted by atomic mass is 35.5. The van der Waals surface area contributed by atoms with Crippen LogP contribution in [0.25, 0.3) is 21.7 Å². The zero-order valence-corrected chi connectivity index (χ0v) is 40.8. The van der Waals surface area contributed by atoms with Gasteiger partial charge in [0.2, 0.25) is 5.91 Å². The van der Waals surface area contributed by atoms with Crippen LogP contribution >= 0.6 is 34.7 Å². The van der Waals surface area contributed by atoms with Gasteiger partial charge in [-0.2, -0.15) is 10.5 Å². The summed E-state index contributed by atoms with van der Waals surface area (Å²) < 4.78 is 16.7. The number of nitrogens with one attached hydrogen (secondary N) is 3. The second kappa shape index (κ2) is 24.4. The fraction of sp³-hybridized carbons (Fsp3) is 0.447. The van der Waals surface area contributed by atoms with Gasteiger partial charge in [0.15, 0.2) is 0 Å². The van der Waals surface area contributed by atoms with Crippen LogP contribution in [0.5, 0.6) is 5.75 Å². The molecule has 0 aliphatic heterocycles. The van der Waals surface area contributed by atoms with Crippen molar-refractivity contribution >= 4 is 64.6 Å². The molecule has 0 bridgehead atoms. The number of benzene rings is 2. The van der Waals surface area contributed by atoms with Gasteiger partial charge in [-0.1, -0.05) is 54.6 Å². The summed E-state index contributed by atoms with van der Waals surface area (Å²) in [5.74, 6) is -0.768. The average molecular weight is 962 g/mol. The number of halogens is 1. The third-order valence-electron chi connectivity index (χ3n) is 9.36. The van der Waals surface area contributed by atoms with E-state index in [2.05, 4.69) is 28.1 Å². The molecule has 0 radical (unpaired) electrons. The summed E-state index contributed by atoms with van der Waals surface area (Å²) in [5.41, 5.74) is 1.60. The van der Waals surface area contributed by atoms with Gasteiger partial charge in [0.1, 0.15) is 69.2 Å². The number of hydrogen-bond donors (Lipinski definition) is 4. The fourth-order valence-electron chi connectivity index (χ4n) is 6.27. The fourth-order valence-corrected chi connectivity index (χ4v) is 8.21. The molecule has 4 aromatic rings. The maximum Gasteiger partial charge on any atom is 0.408 e. The summed E-state index contributed by atoms with van der Waals surface area (Å²) >= 11 is 8.91. The Morgan fingerprint density at radius 2 is 1.53 bits per heavy atom. The summed E-state index contributed by atoms with van der Waals surface area (Å²) in [4.78, 5) is 62.0. The van der Waals surface area contributed by atoms with E-state index in [9.17, 15) is 34.8 Å². The number of unbranched alkanes of at least 4 members (excludes halogenated alkanes) is 1. The number of carboxylic acids is 1. The normalized spacial score (nSPS) is 12.2. The Kier molecular flexibility index (Phi) is 19.5. The van der Waals surface area contributed by atoms with Crippen LogP contribution in [0.1, 0.15) is 97.9 Å². The lowest BCUT2D eigenvalue weighted by Crippen LogP contribution is -2.54. The van der Waals surface area contributed by atoms with Gasteiger partial charge < -0.3 is 40.2 Å². The highest BCUT2D eigenvalue weighted by Crippen LogP contribution is 2.38. The van der Waals surface area contributed by atoms with Gasteiger partial charge in [0.05, 0.1) is 17.8 Å². The smallest absolute Gasteiger partial charge is 0.408 e. The Balaban J connectivity index is 1.52. The molecule has 2 heterocycles. The van der Waals surface area contributed by atoms with Crippen molar-refractivity contribution in [3.63, 3.8) is 0 Å². The summed E-state index contributed by atoms with van der Waals surface area (Å²) in [6, 6.07) is 16.3. The van der Waals surface area contributed by atoms with Crippen LogP contribution in [-0.4, -0.2) is 93.6 Å². The number of hydrogen-bond acceptors (Lipinski definition) is 14. The number of carbonyl (C=O) groups excluding carboxylic acids is 3. The molecule has 19 heteroatoms. The van der Waals surface area contributed by atoms with E-state index in [1.165, 1.54) is 30.0 Å². The number of carbonyl (C=O) groups is 4. The van der Waals surface area contributed by atoms with Crippen molar-refractivity contribution < 1.29 is 38.5 Å². The third kappa shape index (κ3) is 16.1. The molecule has 4 N–H and O–H groups in total. The lowest BCUT2D eigenvalue weighted by molar-refractivity contribution is -0.150.